The number of hydrogen-bond donors (Lipinski definition) is 2. The molecule has 2 N–H and O–H groups in total. The van der Waals surface area contributed by atoms with Crippen LogP contribution in [0, 0.1) is 0 Å². The molecule has 0 bridgehead atoms. The quantitative estimate of drug-likeness (QED) is 0.803. The van der Waals surface area contributed by atoms with Crippen LogP contribution in [-0.4, -0.2) is 32.2 Å². The summed E-state index contributed by atoms with van der Waals surface area (Å²) in [6.07, 6.45) is 1.71. The van der Waals surface area contributed by atoms with Crippen LogP contribution >= 0.6 is 15.9 Å². The first-order valence-electron chi connectivity index (χ1n) is 6.94. The number of aromatic nitrogens is 1. The van der Waals surface area contributed by atoms with Crippen LogP contribution in [0.25, 0.3) is 0 Å². The molecule has 2 aromatic rings. The zero-order valence-electron chi connectivity index (χ0n) is 13.4. The van der Waals surface area contributed by atoms with Crippen molar-refractivity contribution < 1.29 is 19.0 Å². The molecule has 1 unspecified atom stereocenters. The highest BCUT2D eigenvalue weighted by atomic mass is 79.9. The second kappa shape index (κ2) is 7.41. The molecule has 0 aliphatic carbocycles. The van der Waals surface area contributed by atoms with Crippen LogP contribution in [0.3, 0.4) is 0 Å². The first-order chi connectivity index (χ1) is 11.0. The van der Waals surface area contributed by atoms with Gasteiger partial charge in [0.15, 0.2) is 11.5 Å². The number of ether oxygens (including phenoxy) is 3. The number of aromatic amines is 1. The molecule has 23 heavy (non-hydrogen) atoms. The zero-order valence-corrected chi connectivity index (χ0v) is 15.0. The third-order valence-corrected chi connectivity index (χ3v) is 3.88. The molecule has 6 nitrogen and oxygen atoms in total. The van der Waals surface area contributed by atoms with Crippen molar-refractivity contribution in [3.8, 4) is 17.2 Å². The van der Waals surface area contributed by atoms with E-state index in [2.05, 4.69) is 26.2 Å². The molecule has 1 aromatic carbocycles. The van der Waals surface area contributed by atoms with Crippen LogP contribution in [0.4, 0.5) is 0 Å². The summed E-state index contributed by atoms with van der Waals surface area (Å²) < 4.78 is 16.8. The number of amides is 1. The Morgan fingerprint density at radius 2 is 1.74 bits per heavy atom. The van der Waals surface area contributed by atoms with E-state index in [1.807, 2.05) is 19.1 Å². The monoisotopic (exact) mass is 382 g/mol. The highest BCUT2D eigenvalue weighted by Crippen LogP contribution is 2.39. The summed E-state index contributed by atoms with van der Waals surface area (Å²) in [6, 6.07) is 5.11. The lowest BCUT2D eigenvalue weighted by Gasteiger charge is -2.18. The van der Waals surface area contributed by atoms with Crippen molar-refractivity contribution >= 4 is 21.8 Å². The summed E-state index contributed by atoms with van der Waals surface area (Å²) in [7, 11) is 4.66. The zero-order chi connectivity index (χ0) is 17.0. The Bertz CT molecular complexity index is 674. The fourth-order valence-corrected chi connectivity index (χ4v) is 2.55. The fraction of sp³-hybridized carbons (Fsp3) is 0.312. The molecule has 7 heteroatoms. The second-order valence-electron chi connectivity index (χ2n) is 4.89. The third kappa shape index (κ3) is 3.79. The summed E-state index contributed by atoms with van der Waals surface area (Å²) in [6.45, 7) is 1.89. The van der Waals surface area contributed by atoms with Gasteiger partial charge in [-0.25, -0.2) is 0 Å². The first-order valence-corrected chi connectivity index (χ1v) is 7.74. The summed E-state index contributed by atoms with van der Waals surface area (Å²) in [5.41, 5.74) is 1.33. The average molecular weight is 383 g/mol. The molecule has 0 radical (unpaired) electrons. The standard InChI is InChI=1S/C16H19BrN2O4/c1-9(19-16(20)12-7-11(17)8-18-12)10-5-13(21-2)15(23-4)14(6-10)22-3/h5-9,18H,1-4H3,(H,19,20). The van der Waals surface area contributed by atoms with Crippen molar-refractivity contribution in [3.05, 3.63) is 40.1 Å². The molecule has 2 rings (SSSR count). The van der Waals surface area contributed by atoms with Gasteiger partial charge in [0.2, 0.25) is 5.75 Å². The van der Waals surface area contributed by atoms with E-state index in [0.717, 1.165) is 10.0 Å². The van der Waals surface area contributed by atoms with Crippen LogP contribution < -0.4 is 19.5 Å². The molecule has 1 heterocycles. The van der Waals surface area contributed by atoms with Crippen LogP contribution in [0.15, 0.2) is 28.9 Å². The van der Waals surface area contributed by atoms with E-state index < -0.39 is 0 Å². The Labute approximate surface area is 143 Å². The lowest BCUT2D eigenvalue weighted by Crippen LogP contribution is -2.27. The van der Waals surface area contributed by atoms with Crippen molar-refractivity contribution in [1.82, 2.24) is 10.3 Å². The van der Waals surface area contributed by atoms with Crippen molar-refractivity contribution in [3.63, 3.8) is 0 Å². The van der Waals surface area contributed by atoms with E-state index in [-0.39, 0.29) is 11.9 Å². The smallest absolute Gasteiger partial charge is 0.268 e. The normalized spacial score (nSPS) is 11.7. The Kier molecular flexibility index (Phi) is 5.54. The minimum atomic E-state index is -0.238. The molecule has 1 aromatic heterocycles. The Hall–Kier alpha value is -2.15. The number of rotatable bonds is 6. The second-order valence-corrected chi connectivity index (χ2v) is 5.80. The lowest BCUT2D eigenvalue weighted by molar-refractivity contribution is 0.0935. The van der Waals surface area contributed by atoms with E-state index in [4.69, 9.17) is 14.2 Å². The van der Waals surface area contributed by atoms with E-state index in [0.29, 0.717) is 22.9 Å². The van der Waals surface area contributed by atoms with Crippen LogP contribution in [0.2, 0.25) is 0 Å². The van der Waals surface area contributed by atoms with Crippen LogP contribution in [0.1, 0.15) is 29.0 Å². The van der Waals surface area contributed by atoms with Crippen LogP contribution in [-0.2, 0) is 0 Å². The maximum atomic E-state index is 12.2. The Morgan fingerprint density at radius 3 is 2.17 bits per heavy atom. The van der Waals surface area contributed by atoms with Gasteiger partial charge in [0.1, 0.15) is 5.69 Å². The van der Waals surface area contributed by atoms with E-state index >= 15 is 0 Å². The number of benzene rings is 1. The van der Waals surface area contributed by atoms with Gasteiger partial charge in [-0.3, -0.25) is 4.79 Å². The molecule has 0 saturated carbocycles. The van der Waals surface area contributed by atoms with E-state index in [1.54, 1.807) is 33.6 Å². The van der Waals surface area contributed by atoms with Gasteiger partial charge in [0.25, 0.3) is 5.91 Å². The van der Waals surface area contributed by atoms with Gasteiger partial charge < -0.3 is 24.5 Å². The Morgan fingerprint density at radius 1 is 1.13 bits per heavy atom. The molecule has 0 aliphatic heterocycles. The molecule has 0 fully saturated rings. The SMILES string of the molecule is COc1cc(C(C)NC(=O)c2cc(Br)c[nH]2)cc(OC)c1OC. The van der Waals surface area contributed by atoms with Crippen molar-refractivity contribution in [2.45, 2.75) is 13.0 Å². The average Bonchev–Trinajstić information content (AvgIpc) is 2.99. The summed E-state index contributed by atoms with van der Waals surface area (Å²) in [4.78, 5) is 15.1. The molecular weight excluding hydrogens is 364 g/mol. The van der Waals surface area contributed by atoms with E-state index in [1.165, 1.54) is 0 Å². The summed E-state index contributed by atoms with van der Waals surface area (Å²) in [5.74, 6) is 1.42. The number of nitrogens with one attached hydrogen (secondary N) is 2. The molecule has 0 saturated heterocycles. The topological polar surface area (TPSA) is 72.6 Å². The van der Waals surface area contributed by atoms with E-state index in [9.17, 15) is 4.79 Å². The molecule has 124 valence electrons. The molecule has 1 amide bonds. The van der Waals surface area contributed by atoms with Gasteiger partial charge in [-0.1, -0.05) is 0 Å². The van der Waals surface area contributed by atoms with Gasteiger partial charge in [0.05, 0.1) is 27.4 Å². The third-order valence-electron chi connectivity index (χ3n) is 3.43. The summed E-state index contributed by atoms with van der Waals surface area (Å²) in [5, 5.41) is 2.92. The fourth-order valence-electron chi connectivity index (χ4n) is 2.21. The number of halogens is 1. The number of hydrogen-bond acceptors (Lipinski definition) is 4. The predicted molar refractivity (Wildman–Crippen MR) is 90.5 cm³/mol. The Balaban J connectivity index is 2.25. The van der Waals surface area contributed by atoms with Gasteiger partial charge in [0, 0.05) is 10.7 Å². The van der Waals surface area contributed by atoms with Gasteiger partial charge in [-0.15, -0.1) is 0 Å². The molecule has 0 spiro atoms. The maximum Gasteiger partial charge on any atom is 0.268 e. The van der Waals surface area contributed by atoms with Gasteiger partial charge in [-0.2, -0.15) is 0 Å². The summed E-state index contributed by atoms with van der Waals surface area (Å²) >= 11 is 3.31. The number of carbonyl (C=O) groups is 1. The van der Waals surface area contributed by atoms with Gasteiger partial charge in [-0.05, 0) is 46.6 Å². The molecule has 0 aliphatic rings. The number of methoxy groups -OCH3 is 3. The molecule has 1 atom stereocenters. The minimum absolute atomic E-state index is 0.197. The van der Waals surface area contributed by atoms with Crippen LogP contribution in [0.5, 0.6) is 17.2 Å². The van der Waals surface area contributed by atoms with Crippen molar-refractivity contribution in [1.29, 1.82) is 0 Å². The largest absolute Gasteiger partial charge is 0.493 e. The maximum absolute atomic E-state index is 12.2. The lowest BCUT2D eigenvalue weighted by atomic mass is 10.1. The van der Waals surface area contributed by atoms with Crippen molar-refractivity contribution in [2.24, 2.45) is 0 Å². The van der Waals surface area contributed by atoms with Gasteiger partial charge >= 0.3 is 0 Å². The van der Waals surface area contributed by atoms with Crippen molar-refractivity contribution in [2.75, 3.05) is 21.3 Å². The molecular formula is C16H19BrN2O4. The first kappa shape index (κ1) is 17.2. The predicted octanol–water partition coefficient (Wildman–Crippen LogP) is 3.29. The number of H-pyrrole nitrogens is 1. The minimum Gasteiger partial charge on any atom is -0.493 e. The highest BCUT2D eigenvalue weighted by Gasteiger charge is 2.18. The number of carbonyl (C=O) groups excluding carboxylic acids is 1. The highest BCUT2D eigenvalue weighted by molar-refractivity contribution is 9.10.